The van der Waals surface area contributed by atoms with E-state index in [0.717, 1.165) is 18.8 Å². The van der Waals surface area contributed by atoms with E-state index in [4.69, 9.17) is 4.74 Å². The Hall–Kier alpha value is -1.78. The first kappa shape index (κ1) is 22.9. The van der Waals surface area contributed by atoms with E-state index in [1.165, 1.54) is 37.8 Å². The standard InChI is InChI=1S/C25H32F4O/c1-3-17-5-10-19(11-6-17)20-12-7-18(8-13-20)9-14-21-15-16-22(30-4-2)24(26)23(21)25(27,28)29/h3,7,12,15-20H,1,4-6,8-11,13-14H2,2H3. The fraction of sp³-hybridized carbons (Fsp3) is 0.600. The highest BCUT2D eigenvalue weighted by atomic mass is 19.4. The zero-order chi connectivity index (χ0) is 21.7. The summed E-state index contributed by atoms with van der Waals surface area (Å²) in [6, 6.07) is 2.68. The van der Waals surface area contributed by atoms with Gasteiger partial charge in [0.2, 0.25) is 0 Å². The number of rotatable bonds is 7. The van der Waals surface area contributed by atoms with E-state index in [1.54, 1.807) is 6.92 Å². The molecule has 166 valence electrons. The van der Waals surface area contributed by atoms with Gasteiger partial charge in [-0.2, -0.15) is 13.2 Å². The first-order valence-electron chi connectivity index (χ1n) is 11.2. The predicted molar refractivity (Wildman–Crippen MR) is 112 cm³/mol. The van der Waals surface area contributed by atoms with Crippen LogP contribution in [0.25, 0.3) is 0 Å². The molecule has 0 heterocycles. The average molecular weight is 425 g/mol. The number of alkyl halides is 3. The molecule has 0 spiro atoms. The first-order valence-corrected chi connectivity index (χ1v) is 11.2. The van der Waals surface area contributed by atoms with Gasteiger partial charge in [-0.1, -0.05) is 24.3 Å². The number of ether oxygens (including phenoxy) is 1. The second-order valence-corrected chi connectivity index (χ2v) is 8.68. The van der Waals surface area contributed by atoms with Gasteiger partial charge in [-0.05, 0) is 93.6 Å². The van der Waals surface area contributed by atoms with Crippen LogP contribution in [0, 0.1) is 29.5 Å². The molecule has 0 radical (unpaired) electrons. The van der Waals surface area contributed by atoms with E-state index < -0.39 is 17.6 Å². The first-order chi connectivity index (χ1) is 14.3. The van der Waals surface area contributed by atoms with Crippen LogP contribution in [0.3, 0.4) is 0 Å². The smallest absolute Gasteiger partial charge is 0.419 e. The summed E-state index contributed by atoms with van der Waals surface area (Å²) in [6.45, 7) is 5.64. The number of hydrogen-bond acceptors (Lipinski definition) is 1. The molecular weight excluding hydrogens is 392 g/mol. The van der Waals surface area contributed by atoms with Crippen molar-refractivity contribution >= 4 is 0 Å². The summed E-state index contributed by atoms with van der Waals surface area (Å²) in [5.74, 6) is 0.577. The van der Waals surface area contributed by atoms with Gasteiger partial charge in [0.15, 0.2) is 11.6 Å². The highest BCUT2D eigenvalue weighted by Gasteiger charge is 2.38. The summed E-state index contributed by atoms with van der Waals surface area (Å²) in [7, 11) is 0. The maximum Gasteiger partial charge on any atom is 0.419 e. The van der Waals surface area contributed by atoms with Crippen LogP contribution in [-0.4, -0.2) is 6.61 Å². The van der Waals surface area contributed by atoms with E-state index in [1.807, 2.05) is 0 Å². The summed E-state index contributed by atoms with van der Waals surface area (Å²) in [6.07, 6.45) is 9.60. The quantitative estimate of drug-likeness (QED) is 0.321. The third-order valence-electron chi connectivity index (χ3n) is 6.82. The van der Waals surface area contributed by atoms with Crippen molar-refractivity contribution < 1.29 is 22.3 Å². The Morgan fingerprint density at radius 3 is 2.37 bits per heavy atom. The topological polar surface area (TPSA) is 9.23 Å². The molecule has 1 saturated carbocycles. The van der Waals surface area contributed by atoms with Gasteiger partial charge in [-0.25, -0.2) is 4.39 Å². The molecule has 0 saturated heterocycles. The maximum atomic E-state index is 14.4. The van der Waals surface area contributed by atoms with Crippen molar-refractivity contribution in [3.05, 3.63) is 53.9 Å². The van der Waals surface area contributed by atoms with E-state index >= 15 is 0 Å². The number of hydrogen-bond donors (Lipinski definition) is 0. The molecule has 30 heavy (non-hydrogen) atoms. The Kier molecular flexibility index (Phi) is 7.65. The Labute approximate surface area is 177 Å². The average Bonchev–Trinajstić information content (AvgIpc) is 2.73. The summed E-state index contributed by atoms with van der Waals surface area (Å²) in [5.41, 5.74) is -1.16. The molecule has 2 unspecified atom stereocenters. The van der Waals surface area contributed by atoms with Crippen LogP contribution in [0.5, 0.6) is 5.75 Å². The van der Waals surface area contributed by atoms with Crippen molar-refractivity contribution in [1.29, 1.82) is 0 Å². The number of benzene rings is 1. The van der Waals surface area contributed by atoms with Gasteiger partial charge in [0, 0.05) is 0 Å². The molecule has 0 N–H and O–H groups in total. The van der Waals surface area contributed by atoms with Gasteiger partial charge < -0.3 is 4.74 Å². The van der Waals surface area contributed by atoms with Crippen LogP contribution in [-0.2, 0) is 12.6 Å². The van der Waals surface area contributed by atoms with E-state index in [0.29, 0.717) is 18.3 Å². The van der Waals surface area contributed by atoms with Gasteiger partial charge in [-0.15, -0.1) is 6.58 Å². The third-order valence-corrected chi connectivity index (χ3v) is 6.82. The van der Waals surface area contributed by atoms with Crippen LogP contribution in [0.2, 0.25) is 0 Å². The molecule has 1 aromatic rings. The monoisotopic (exact) mass is 424 g/mol. The molecule has 0 amide bonds. The van der Waals surface area contributed by atoms with Crippen LogP contribution >= 0.6 is 0 Å². The second-order valence-electron chi connectivity index (χ2n) is 8.68. The molecule has 0 bridgehead atoms. The summed E-state index contributed by atoms with van der Waals surface area (Å²) in [5, 5.41) is 0. The molecule has 1 aromatic carbocycles. The predicted octanol–water partition coefficient (Wildman–Crippen LogP) is 7.75. The van der Waals surface area contributed by atoms with E-state index in [-0.39, 0.29) is 30.3 Å². The number of halogens is 4. The van der Waals surface area contributed by atoms with E-state index in [2.05, 4.69) is 24.8 Å². The minimum atomic E-state index is -4.73. The van der Waals surface area contributed by atoms with Gasteiger partial charge in [-0.3, -0.25) is 0 Å². The molecule has 3 rings (SSSR count). The second kappa shape index (κ2) is 10.0. The lowest BCUT2D eigenvalue weighted by Crippen LogP contribution is -2.22. The summed E-state index contributed by atoms with van der Waals surface area (Å²) >= 11 is 0. The van der Waals surface area contributed by atoms with Crippen LogP contribution in [0.15, 0.2) is 36.9 Å². The molecule has 0 aliphatic heterocycles. The molecular formula is C25H32F4O. The lowest BCUT2D eigenvalue weighted by atomic mass is 9.71. The van der Waals surface area contributed by atoms with Crippen molar-refractivity contribution in [3.63, 3.8) is 0 Å². The summed E-state index contributed by atoms with van der Waals surface area (Å²) in [4.78, 5) is 0. The van der Waals surface area contributed by atoms with Crippen molar-refractivity contribution in [2.75, 3.05) is 6.61 Å². The molecule has 1 fully saturated rings. The minimum absolute atomic E-state index is 0.0155. The highest BCUT2D eigenvalue weighted by Crippen LogP contribution is 2.41. The van der Waals surface area contributed by atoms with Gasteiger partial charge >= 0.3 is 6.18 Å². The molecule has 2 aliphatic carbocycles. The van der Waals surface area contributed by atoms with Crippen LogP contribution < -0.4 is 4.74 Å². The van der Waals surface area contributed by atoms with Gasteiger partial charge in [0.25, 0.3) is 0 Å². The number of aryl methyl sites for hydroxylation is 1. The Bertz CT molecular complexity index is 744. The summed E-state index contributed by atoms with van der Waals surface area (Å²) < 4.78 is 59.9. The fourth-order valence-corrected chi connectivity index (χ4v) is 5.06. The van der Waals surface area contributed by atoms with Gasteiger partial charge in [0.05, 0.1) is 12.2 Å². The zero-order valence-electron chi connectivity index (χ0n) is 17.7. The largest absolute Gasteiger partial charge is 0.491 e. The molecule has 5 heteroatoms. The Balaban J connectivity index is 1.61. The Morgan fingerprint density at radius 1 is 1.07 bits per heavy atom. The van der Waals surface area contributed by atoms with Crippen LogP contribution in [0.4, 0.5) is 17.6 Å². The van der Waals surface area contributed by atoms with Crippen LogP contribution in [0.1, 0.15) is 63.0 Å². The SMILES string of the molecule is C=CC1CCC(C2C=CC(CCc3ccc(OCC)c(F)c3C(F)(F)F)CC2)CC1. The highest BCUT2D eigenvalue weighted by molar-refractivity contribution is 5.39. The van der Waals surface area contributed by atoms with Gasteiger partial charge in [0.1, 0.15) is 0 Å². The molecule has 2 atom stereocenters. The minimum Gasteiger partial charge on any atom is -0.491 e. The third kappa shape index (κ3) is 5.47. The number of allylic oxidation sites excluding steroid dienone is 3. The van der Waals surface area contributed by atoms with Crippen molar-refractivity contribution in [2.45, 2.75) is 64.5 Å². The van der Waals surface area contributed by atoms with Crippen molar-refractivity contribution in [3.8, 4) is 5.75 Å². The van der Waals surface area contributed by atoms with Crippen molar-refractivity contribution in [2.24, 2.45) is 23.7 Å². The molecule has 0 aromatic heterocycles. The zero-order valence-corrected chi connectivity index (χ0v) is 17.7. The normalized spacial score (nSPS) is 27.1. The lowest BCUT2D eigenvalue weighted by molar-refractivity contribution is -0.140. The lowest BCUT2D eigenvalue weighted by Gasteiger charge is -2.34. The van der Waals surface area contributed by atoms with Crippen molar-refractivity contribution in [1.82, 2.24) is 0 Å². The fourth-order valence-electron chi connectivity index (χ4n) is 5.06. The Morgan fingerprint density at radius 2 is 1.80 bits per heavy atom. The van der Waals surface area contributed by atoms with E-state index in [9.17, 15) is 17.6 Å². The maximum absolute atomic E-state index is 14.4. The molecule has 2 aliphatic rings. The molecule has 1 nitrogen and oxygen atoms in total.